The highest BCUT2D eigenvalue weighted by Crippen LogP contribution is 2.34. The molecule has 0 aliphatic carbocycles. The molecule has 0 bridgehead atoms. The first kappa shape index (κ1) is 13.7. The molecule has 0 aliphatic heterocycles. The summed E-state index contributed by atoms with van der Waals surface area (Å²) < 4.78 is 1.80. The highest BCUT2D eigenvalue weighted by atomic mass is 35.5. The van der Waals surface area contributed by atoms with Crippen molar-refractivity contribution in [3.8, 4) is 0 Å². The fourth-order valence-corrected chi connectivity index (χ4v) is 4.00. The van der Waals surface area contributed by atoms with Gasteiger partial charge in [-0.25, -0.2) is 0 Å². The summed E-state index contributed by atoms with van der Waals surface area (Å²) in [6.07, 6.45) is 1.97. The molecule has 0 unspecified atom stereocenters. The van der Waals surface area contributed by atoms with Crippen LogP contribution in [0.2, 0.25) is 5.02 Å². The smallest absolute Gasteiger partial charge is 0.179 e. The molecule has 0 amide bonds. The van der Waals surface area contributed by atoms with E-state index >= 15 is 0 Å². The summed E-state index contributed by atoms with van der Waals surface area (Å²) >= 11 is 10.7. The van der Waals surface area contributed by atoms with Crippen molar-refractivity contribution < 1.29 is 0 Å². The highest BCUT2D eigenvalue weighted by molar-refractivity contribution is 8.03. The zero-order valence-corrected chi connectivity index (χ0v) is 12.5. The number of nitrogens with one attached hydrogen (secondary N) is 1. The van der Waals surface area contributed by atoms with Crippen LogP contribution in [0, 0.1) is 5.41 Å². The fraction of sp³-hybridized carbons (Fsp3) is 0.100. The van der Waals surface area contributed by atoms with Gasteiger partial charge >= 0.3 is 0 Å². The largest absolute Gasteiger partial charge is 0.384 e. The van der Waals surface area contributed by atoms with Crippen LogP contribution in [0.25, 0.3) is 0 Å². The SMILES string of the molecule is CSc1nnc(Sc2ccc(C(=N)N)c(Cl)c2)s1. The second kappa shape index (κ2) is 5.92. The lowest BCUT2D eigenvalue weighted by Crippen LogP contribution is -2.11. The van der Waals surface area contributed by atoms with E-state index in [9.17, 15) is 0 Å². The third kappa shape index (κ3) is 3.17. The number of thioether (sulfide) groups is 1. The summed E-state index contributed by atoms with van der Waals surface area (Å²) in [6, 6.07) is 5.39. The third-order valence-corrected chi connectivity index (χ3v) is 5.25. The Morgan fingerprint density at radius 3 is 2.67 bits per heavy atom. The van der Waals surface area contributed by atoms with E-state index in [2.05, 4.69) is 10.2 Å². The van der Waals surface area contributed by atoms with Crippen molar-refractivity contribution in [1.82, 2.24) is 10.2 Å². The zero-order valence-electron chi connectivity index (χ0n) is 9.31. The standard InChI is InChI=1S/C10H9ClN4S3/c1-16-9-14-15-10(18-9)17-5-2-3-6(8(12)13)7(11)4-5/h2-4H,1H3,(H3,12,13). The Labute approximate surface area is 122 Å². The minimum absolute atomic E-state index is 0.0304. The Kier molecular flexibility index (Phi) is 4.50. The number of nitrogen functional groups attached to an aromatic ring is 1. The molecule has 1 heterocycles. The maximum Gasteiger partial charge on any atom is 0.179 e. The molecule has 4 nitrogen and oxygen atoms in total. The van der Waals surface area contributed by atoms with Crippen molar-refractivity contribution >= 4 is 52.3 Å². The predicted molar refractivity (Wildman–Crippen MR) is 78.3 cm³/mol. The average Bonchev–Trinajstić information content (AvgIpc) is 2.76. The van der Waals surface area contributed by atoms with Crippen LogP contribution in [0.15, 0.2) is 31.8 Å². The molecule has 18 heavy (non-hydrogen) atoms. The number of nitrogens with two attached hydrogens (primary N) is 1. The molecule has 0 fully saturated rings. The first-order valence-corrected chi connectivity index (χ1v) is 8.03. The minimum atomic E-state index is -0.0304. The molecule has 0 saturated carbocycles. The summed E-state index contributed by atoms with van der Waals surface area (Å²) in [7, 11) is 0. The summed E-state index contributed by atoms with van der Waals surface area (Å²) in [4.78, 5) is 0.953. The predicted octanol–water partition coefficient (Wildman–Crippen LogP) is 3.35. The third-order valence-electron chi connectivity index (χ3n) is 2.00. The quantitative estimate of drug-likeness (QED) is 0.514. The van der Waals surface area contributed by atoms with Gasteiger partial charge in [0.05, 0.1) is 5.02 Å². The molecule has 0 radical (unpaired) electrons. The minimum Gasteiger partial charge on any atom is -0.384 e. The van der Waals surface area contributed by atoms with Crippen molar-refractivity contribution in [3.63, 3.8) is 0 Å². The monoisotopic (exact) mass is 316 g/mol. The molecule has 0 aliphatic rings. The Hall–Kier alpha value is -0.760. The van der Waals surface area contributed by atoms with Crippen LogP contribution in [0.5, 0.6) is 0 Å². The van der Waals surface area contributed by atoms with Gasteiger partial charge in [0.1, 0.15) is 5.84 Å². The molecule has 94 valence electrons. The Morgan fingerprint density at radius 1 is 1.39 bits per heavy atom. The highest BCUT2D eigenvalue weighted by Gasteiger charge is 2.08. The van der Waals surface area contributed by atoms with E-state index in [1.54, 1.807) is 23.9 Å². The number of halogens is 1. The van der Waals surface area contributed by atoms with Gasteiger partial charge in [-0.2, -0.15) is 0 Å². The van der Waals surface area contributed by atoms with E-state index in [1.807, 2.05) is 12.3 Å². The van der Waals surface area contributed by atoms with Gasteiger partial charge in [0.2, 0.25) is 0 Å². The van der Waals surface area contributed by atoms with Gasteiger partial charge in [0, 0.05) is 10.5 Å². The summed E-state index contributed by atoms with van der Waals surface area (Å²) in [5.74, 6) is -0.0304. The lowest BCUT2D eigenvalue weighted by Gasteiger charge is -2.03. The molecule has 2 rings (SSSR count). The van der Waals surface area contributed by atoms with Crippen molar-refractivity contribution in [2.24, 2.45) is 5.73 Å². The molecule has 0 atom stereocenters. The molecule has 1 aromatic carbocycles. The van der Waals surface area contributed by atoms with Gasteiger partial charge in [-0.3, -0.25) is 5.41 Å². The molecule has 3 N–H and O–H groups in total. The first-order chi connectivity index (χ1) is 8.60. The van der Waals surface area contributed by atoms with Crippen molar-refractivity contribution in [2.75, 3.05) is 6.26 Å². The van der Waals surface area contributed by atoms with E-state index in [4.69, 9.17) is 22.7 Å². The molecule has 0 spiro atoms. The number of hydrogen-bond donors (Lipinski definition) is 2. The van der Waals surface area contributed by atoms with Crippen LogP contribution in [0.4, 0.5) is 0 Å². The Morgan fingerprint density at radius 2 is 2.11 bits per heavy atom. The maximum absolute atomic E-state index is 7.36. The lowest BCUT2D eigenvalue weighted by molar-refractivity contribution is 0.956. The van der Waals surface area contributed by atoms with E-state index < -0.39 is 0 Å². The van der Waals surface area contributed by atoms with E-state index in [-0.39, 0.29) is 5.84 Å². The number of rotatable bonds is 4. The Bertz CT molecular complexity index is 584. The fourth-order valence-electron chi connectivity index (χ4n) is 1.20. The topological polar surface area (TPSA) is 75.7 Å². The number of nitrogens with zero attached hydrogens (tertiary/aromatic N) is 2. The van der Waals surface area contributed by atoms with Crippen molar-refractivity contribution in [1.29, 1.82) is 5.41 Å². The lowest BCUT2D eigenvalue weighted by atomic mass is 10.2. The van der Waals surface area contributed by atoms with Gasteiger partial charge < -0.3 is 5.73 Å². The number of aromatic nitrogens is 2. The summed E-state index contributed by atoms with van der Waals surface area (Å²) in [6.45, 7) is 0. The van der Waals surface area contributed by atoms with Crippen LogP contribution in [-0.2, 0) is 0 Å². The second-order valence-corrected chi connectivity index (χ2v) is 6.95. The molecule has 1 aromatic heterocycles. The van der Waals surface area contributed by atoms with E-state index in [0.717, 1.165) is 13.6 Å². The van der Waals surface area contributed by atoms with Crippen molar-refractivity contribution in [2.45, 2.75) is 13.6 Å². The molecule has 0 saturated heterocycles. The number of hydrogen-bond acceptors (Lipinski definition) is 6. The van der Waals surface area contributed by atoms with E-state index in [0.29, 0.717) is 10.6 Å². The van der Waals surface area contributed by atoms with Crippen LogP contribution in [-0.4, -0.2) is 22.3 Å². The second-order valence-electron chi connectivity index (χ2n) is 3.20. The van der Waals surface area contributed by atoms with Gasteiger partial charge in [-0.15, -0.1) is 10.2 Å². The van der Waals surface area contributed by atoms with Crippen LogP contribution < -0.4 is 5.73 Å². The maximum atomic E-state index is 7.36. The number of benzene rings is 1. The van der Waals surface area contributed by atoms with Gasteiger partial charge in [-0.1, -0.05) is 46.5 Å². The summed E-state index contributed by atoms with van der Waals surface area (Å²) in [5, 5.41) is 15.9. The Balaban J connectivity index is 2.19. The van der Waals surface area contributed by atoms with Crippen LogP contribution >= 0.6 is 46.5 Å². The van der Waals surface area contributed by atoms with Crippen LogP contribution in [0.1, 0.15) is 5.56 Å². The normalized spacial score (nSPS) is 10.6. The van der Waals surface area contributed by atoms with E-state index in [1.165, 1.54) is 23.1 Å². The molecular weight excluding hydrogens is 308 g/mol. The van der Waals surface area contributed by atoms with Gasteiger partial charge in [0.15, 0.2) is 8.68 Å². The number of amidine groups is 1. The average molecular weight is 317 g/mol. The molecular formula is C10H9ClN4S3. The van der Waals surface area contributed by atoms with Crippen molar-refractivity contribution in [3.05, 3.63) is 28.8 Å². The van der Waals surface area contributed by atoms with Crippen LogP contribution in [0.3, 0.4) is 0 Å². The molecule has 2 aromatic rings. The van der Waals surface area contributed by atoms with Gasteiger partial charge in [0.25, 0.3) is 0 Å². The summed E-state index contributed by atoms with van der Waals surface area (Å²) in [5.41, 5.74) is 5.95. The first-order valence-electron chi connectivity index (χ1n) is 4.79. The zero-order chi connectivity index (χ0) is 13.1. The molecule has 8 heteroatoms. The van der Waals surface area contributed by atoms with Gasteiger partial charge in [-0.05, 0) is 24.5 Å².